The van der Waals surface area contributed by atoms with E-state index in [1.165, 1.54) is 37.7 Å². The first-order chi connectivity index (χ1) is 11.3. The number of hydrogen-bond acceptors (Lipinski definition) is 0. The van der Waals surface area contributed by atoms with Crippen LogP contribution in [0.4, 0.5) is 0 Å². The molecule has 2 unspecified atom stereocenters. The van der Waals surface area contributed by atoms with Crippen LogP contribution >= 0.6 is 0 Å². The lowest BCUT2D eigenvalue weighted by molar-refractivity contribution is 0.0407. The van der Waals surface area contributed by atoms with E-state index in [-0.39, 0.29) is 0 Å². The van der Waals surface area contributed by atoms with Crippen molar-refractivity contribution >= 4 is 0 Å². The summed E-state index contributed by atoms with van der Waals surface area (Å²) >= 11 is 0. The maximum atomic E-state index is 2.55. The van der Waals surface area contributed by atoms with Crippen LogP contribution in [0, 0.1) is 11.3 Å². The maximum absolute atomic E-state index is 2.55. The van der Waals surface area contributed by atoms with Gasteiger partial charge in [-0.15, -0.1) is 0 Å². The van der Waals surface area contributed by atoms with E-state index in [4.69, 9.17) is 0 Å². The summed E-state index contributed by atoms with van der Waals surface area (Å²) in [5.74, 6) is 1.51. The second-order valence-corrected chi connectivity index (χ2v) is 8.42. The zero-order valence-electron chi connectivity index (χ0n) is 17.9. The highest BCUT2D eigenvalue weighted by Crippen LogP contribution is 2.57. The van der Waals surface area contributed by atoms with E-state index < -0.39 is 0 Å². The molecule has 0 heterocycles. The van der Waals surface area contributed by atoms with E-state index in [0.717, 1.165) is 5.92 Å². The molecule has 138 valence electrons. The SMILES string of the molecule is CC.CC.CC(C)c1ccc2c(c1)CCC1C(C)(C)CCCC21C. The van der Waals surface area contributed by atoms with Crippen molar-refractivity contribution in [1.82, 2.24) is 0 Å². The van der Waals surface area contributed by atoms with Gasteiger partial charge in [-0.3, -0.25) is 0 Å². The van der Waals surface area contributed by atoms with Crippen LogP contribution in [0.3, 0.4) is 0 Å². The van der Waals surface area contributed by atoms with Crippen LogP contribution in [0.5, 0.6) is 0 Å². The number of hydrogen-bond donors (Lipinski definition) is 0. The predicted molar refractivity (Wildman–Crippen MR) is 110 cm³/mol. The van der Waals surface area contributed by atoms with Gasteiger partial charge < -0.3 is 0 Å². The normalized spacial score (nSPS) is 27.0. The Balaban J connectivity index is 0.000000671. The largest absolute Gasteiger partial charge is 0.0683 e. The number of benzene rings is 1. The average Bonchev–Trinajstić information content (AvgIpc) is 2.57. The molecule has 0 spiro atoms. The molecule has 0 nitrogen and oxygen atoms in total. The van der Waals surface area contributed by atoms with Crippen LogP contribution in [0.2, 0.25) is 0 Å². The molecule has 1 saturated carbocycles. The van der Waals surface area contributed by atoms with Gasteiger partial charge in [0.15, 0.2) is 0 Å². The first kappa shape index (κ1) is 21.3. The van der Waals surface area contributed by atoms with Gasteiger partial charge in [-0.1, -0.05) is 86.9 Å². The summed E-state index contributed by atoms with van der Waals surface area (Å²) in [4.78, 5) is 0. The minimum atomic E-state index is 0.421. The van der Waals surface area contributed by atoms with Crippen LogP contribution in [-0.4, -0.2) is 0 Å². The Morgan fingerprint density at radius 3 is 2.17 bits per heavy atom. The topological polar surface area (TPSA) is 0 Å². The molecule has 2 aliphatic rings. The van der Waals surface area contributed by atoms with Crippen molar-refractivity contribution in [2.75, 3.05) is 0 Å². The lowest BCUT2D eigenvalue weighted by atomic mass is 9.50. The first-order valence-corrected chi connectivity index (χ1v) is 10.5. The molecule has 2 atom stereocenters. The van der Waals surface area contributed by atoms with Gasteiger partial charge in [0.1, 0.15) is 0 Å². The van der Waals surface area contributed by atoms with E-state index >= 15 is 0 Å². The fourth-order valence-electron chi connectivity index (χ4n) is 5.19. The highest BCUT2D eigenvalue weighted by atomic mass is 14.5. The van der Waals surface area contributed by atoms with Gasteiger partial charge in [0.25, 0.3) is 0 Å². The van der Waals surface area contributed by atoms with Crippen molar-refractivity contribution in [3.8, 4) is 0 Å². The summed E-state index contributed by atoms with van der Waals surface area (Å²) in [5.41, 5.74) is 5.77. The van der Waals surface area contributed by atoms with Crippen LogP contribution in [0.15, 0.2) is 18.2 Å². The summed E-state index contributed by atoms with van der Waals surface area (Å²) in [6, 6.07) is 7.36. The fraction of sp³-hybridized carbons (Fsp3) is 0.750. The van der Waals surface area contributed by atoms with Gasteiger partial charge in [-0.05, 0) is 65.0 Å². The molecule has 0 amide bonds. The quantitative estimate of drug-likeness (QED) is 0.491. The van der Waals surface area contributed by atoms with Crippen LogP contribution in [-0.2, 0) is 11.8 Å². The van der Waals surface area contributed by atoms with Crippen molar-refractivity contribution < 1.29 is 0 Å². The lowest BCUT2D eigenvalue weighted by Gasteiger charge is -2.54. The highest BCUT2D eigenvalue weighted by Gasteiger charge is 2.49. The summed E-state index contributed by atoms with van der Waals surface area (Å²) in [6.45, 7) is 20.2. The van der Waals surface area contributed by atoms with Gasteiger partial charge >= 0.3 is 0 Å². The van der Waals surface area contributed by atoms with Crippen LogP contribution < -0.4 is 0 Å². The molecular formula is C24H42. The van der Waals surface area contributed by atoms with Crippen LogP contribution in [0.1, 0.15) is 111 Å². The Morgan fingerprint density at radius 2 is 1.58 bits per heavy atom. The van der Waals surface area contributed by atoms with Gasteiger partial charge in [0.2, 0.25) is 0 Å². The zero-order valence-corrected chi connectivity index (χ0v) is 17.9. The molecule has 3 rings (SSSR count). The van der Waals surface area contributed by atoms with Gasteiger partial charge in [0, 0.05) is 0 Å². The van der Waals surface area contributed by atoms with E-state index in [2.05, 4.69) is 52.8 Å². The Labute approximate surface area is 152 Å². The molecular weight excluding hydrogens is 288 g/mol. The molecule has 1 aromatic rings. The third-order valence-corrected chi connectivity index (χ3v) is 6.34. The molecule has 1 aromatic carbocycles. The van der Waals surface area contributed by atoms with Gasteiger partial charge in [0.05, 0.1) is 0 Å². The van der Waals surface area contributed by atoms with Crippen molar-refractivity contribution in [2.24, 2.45) is 11.3 Å². The zero-order chi connectivity index (χ0) is 18.5. The summed E-state index contributed by atoms with van der Waals surface area (Å²) in [5, 5.41) is 0. The molecule has 0 aromatic heterocycles. The molecule has 0 N–H and O–H groups in total. The summed E-state index contributed by atoms with van der Waals surface area (Å²) in [7, 11) is 0. The number of fused-ring (bicyclic) bond motifs is 3. The monoisotopic (exact) mass is 330 g/mol. The smallest absolute Gasteiger partial charge is 0.00391 e. The highest BCUT2D eigenvalue weighted by molar-refractivity contribution is 5.42. The standard InChI is InChI=1S/C20H30.2C2H6/c1-14(2)15-7-9-17-16(13-15)8-10-18-19(3,4)11-6-12-20(17,18)5;2*1-2/h7,9,13-14,18H,6,8,10-12H2,1-5H3;2*1-2H3. The Morgan fingerprint density at radius 1 is 0.958 bits per heavy atom. The van der Waals surface area contributed by atoms with Gasteiger partial charge in [-0.2, -0.15) is 0 Å². The van der Waals surface area contributed by atoms with Crippen molar-refractivity contribution in [1.29, 1.82) is 0 Å². The summed E-state index contributed by atoms with van der Waals surface area (Å²) in [6.07, 6.45) is 6.87. The minimum Gasteiger partial charge on any atom is -0.0683 e. The second kappa shape index (κ2) is 8.54. The number of rotatable bonds is 1. The Hall–Kier alpha value is -0.780. The van der Waals surface area contributed by atoms with Crippen molar-refractivity contribution in [3.63, 3.8) is 0 Å². The van der Waals surface area contributed by atoms with Gasteiger partial charge in [-0.25, -0.2) is 0 Å². The average molecular weight is 331 g/mol. The predicted octanol–water partition coefficient (Wildman–Crippen LogP) is 7.89. The van der Waals surface area contributed by atoms with E-state index in [0.29, 0.717) is 16.7 Å². The molecule has 1 fully saturated rings. The van der Waals surface area contributed by atoms with Crippen LogP contribution in [0.25, 0.3) is 0 Å². The molecule has 24 heavy (non-hydrogen) atoms. The van der Waals surface area contributed by atoms with Crippen molar-refractivity contribution in [3.05, 3.63) is 34.9 Å². The molecule has 0 heteroatoms. The van der Waals surface area contributed by atoms with E-state index in [1.54, 1.807) is 11.1 Å². The van der Waals surface area contributed by atoms with E-state index in [1.807, 2.05) is 27.7 Å². The Bertz CT molecular complexity index is 509. The third-order valence-electron chi connectivity index (χ3n) is 6.34. The number of aryl methyl sites for hydroxylation is 1. The van der Waals surface area contributed by atoms with Crippen molar-refractivity contribution in [2.45, 2.75) is 106 Å². The summed E-state index contributed by atoms with van der Waals surface area (Å²) < 4.78 is 0. The lowest BCUT2D eigenvalue weighted by Crippen LogP contribution is -2.47. The first-order valence-electron chi connectivity index (χ1n) is 10.5. The molecule has 2 aliphatic carbocycles. The molecule has 0 bridgehead atoms. The van der Waals surface area contributed by atoms with E-state index in [9.17, 15) is 0 Å². The second-order valence-electron chi connectivity index (χ2n) is 8.42. The molecule has 0 radical (unpaired) electrons. The minimum absolute atomic E-state index is 0.421. The molecule has 0 aliphatic heterocycles. The Kier molecular flexibility index (Phi) is 7.57. The third kappa shape index (κ3) is 3.89. The fourth-order valence-corrected chi connectivity index (χ4v) is 5.19. The maximum Gasteiger partial charge on any atom is -0.00391 e. The molecule has 0 saturated heterocycles.